The molecule has 0 spiro atoms. The second-order valence-corrected chi connectivity index (χ2v) is 9.37. The highest BCUT2D eigenvalue weighted by Gasteiger charge is 2.19. The molecule has 0 bridgehead atoms. The molecule has 6 nitrogen and oxygen atoms in total. The maximum atomic E-state index is 12.2. The predicted molar refractivity (Wildman–Crippen MR) is 82.7 cm³/mol. The summed E-state index contributed by atoms with van der Waals surface area (Å²) in [5.41, 5.74) is 0.708. The van der Waals surface area contributed by atoms with Gasteiger partial charge in [-0.25, -0.2) is 22.0 Å². The van der Waals surface area contributed by atoms with Crippen molar-refractivity contribution in [1.29, 1.82) is 0 Å². The Morgan fingerprint density at radius 3 is 2.33 bits per heavy atom. The van der Waals surface area contributed by atoms with Gasteiger partial charge in [0, 0.05) is 0 Å². The molecule has 0 saturated heterocycles. The fourth-order valence-electron chi connectivity index (χ4n) is 1.53. The van der Waals surface area contributed by atoms with E-state index in [1.807, 2.05) is 0 Å². The maximum Gasteiger partial charge on any atom is 0.271 e. The van der Waals surface area contributed by atoms with Gasteiger partial charge in [-0.2, -0.15) is 0 Å². The van der Waals surface area contributed by atoms with Crippen LogP contribution >= 0.6 is 22.9 Å². The molecule has 0 fully saturated rings. The van der Waals surface area contributed by atoms with Crippen LogP contribution in [0.4, 0.5) is 5.69 Å². The highest BCUT2D eigenvalue weighted by atomic mass is 35.5. The van der Waals surface area contributed by atoms with Gasteiger partial charge in [0.05, 0.1) is 14.9 Å². The van der Waals surface area contributed by atoms with Crippen LogP contribution in [-0.4, -0.2) is 16.8 Å². The third-order valence-corrected chi connectivity index (χ3v) is 6.59. The van der Waals surface area contributed by atoms with Gasteiger partial charge in [-0.3, -0.25) is 4.72 Å². The van der Waals surface area contributed by atoms with Crippen LogP contribution in [-0.2, 0) is 20.0 Å². The quantitative estimate of drug-likeness (QED) is 0.864. The van der Waals surface area contributed by atoms with Crippen LogP contribution in [0.1, 0.15) is 5.56 Å². The molecule has 2 rings (SSSR count). The van der Waals surface area contributed by atoms with Crippen molar-refractivity contribution in [2.24, 2.45) is 5.14 Å². The van der Waals surface area contributed by atoms with E-state index in [0.717, 1.165) is 11.3 Å². The molecule has 10 heteroatoms. The molecule has 1 aromatic heterocycles. The number of halogens is 1. The van der Waals surface area contributed by atoms with E-state index >= 15 is 0 Å². The average Bonchev–Trinajstić information content (AvgIpc) is 2.78. The SMILES string of the molecule is Cc1ccc(S(N)(=O)=O)cc1NS(=O)(=O)c1ccc(Cl)s1. The van der Waals surface area contributed by atoms with Crippen molar-refractivity contribution in [3.05, 3.63) is 40.2 Å². The Labute approximate surface area is 131 Å². The van der Waals surface area contributed by atoms with E-state index in [0.29, 0.717) is 9.90 Å². The highest BCUT2D eigenvalue weighted by molar-refractivity contribution is 7.94. The van der Waals surface area contributed by atoms with E-state index in [4.69, 9.17) is 16.7 Å². The highest BCUT2D eigenvalue weighted by Crippen LogP contribution is 2.28. The molecule has 0 radical (unpaired) electrons. The topological polar surface area (TPSA) is 106 Å². The zero-order valence-corrected chi connectivity index (χ0v) is 13.9. The molecule has 21 heavy (non-hydrogen) atoms. The summed E-state index contributed by atoms with van der Waals surface area (Å²) in [4.78, 5) is -0.171. The summed E-state index contributed by atoms with van der Waals surface area (Å²) in [6, 6.07) is 6.80. The van der Waals surface area contributed by atoms with Gasteiger partial charge in [0.1, 0.15) is 4.21 Å². The van der Waals surface area contributed by atoms with Crippen LogP contribution < -0.4 is 9.86 Å². The van der Waals surface area contributed by atoms with Crippen LogP contribution in [0.15, 0.2) is 39.4 Å². The monoisotopic (exact) mass is 366 g/mol. The molecule has 2 aromatic rings. The predicted octanol–water partition coefficient (Wildman–Crippen LogP) is 2.16. The van der Waals surface area contributed by atoms with Gasteiger partial charge >= 0.3 is 0 Å². The molecule has 1 aromatic carbocycles. The van der Waals surface area contributed by atoms with Gasteiger partial charge in [-0.1, -0.05) is 17.7 Å². The van der Waals surface area contributed by atoms with Crippen molar-refractivity contribution in [2.75, 3.05) is 4.72 Å². The molecule has 0 aliphatic heterocycles. The Morgan fingerprint density at radius 2 is 1.81 bits per heavy atom. The number of thiophene rings is 1. The first-order valence-electron chi connectivity index (χ1n) is 5.51. The summed E-state index contributed by atoms with van der Waals surface area (Å²) in [6.07, 6.45) is 0. The van der Waals surface area contributed by atoms with E-state index in [1.165, 1.54) is 30.3 Å². The van der Waals surface area contributed by atoms with Gasteiger partial charge in [0.25, 0.3) is 10.0 Å². The third kappa shape index (κ3) is 3.74. The smallest absolute Gasteiger partial charge is 0.271 e. The van der Waals surface area contributed by atoms with Crippen molar-refractivity contribution in [2.45, 2.75) is 16.0 Å². The second kappa shape index (κ2) is 5.58. The standard InChI is InChI=1S/C11H11ClN2O4S3/c1-7-2-3-8(20(13,15)16)6-9(7)14-21(17,18)11-5-4-10(12)19-11/h2-6,14H,1H3,(H2,13,15,16). The minimum atomic E-state index is -3.91. The van der Waals surface area contributed by atoms with E-state index in [2.05, 4.69) is 4.72 Å². The number of rotatable bonds is 4. The van der Waals surface area contributed by atoms with Crippen molar-refractivity contribution < 1.29 is 16.8 Å². The van der Waals surface area contributed by atoms with Crippen LogP contribution in [0.2, 0.25) is 4.34 Å². The van der Waals surface area contributed by atoms with Gasteiger partial charge in [-0.05, 0) is 36.8 Å². The van der Waals surface area contributed by atoms with Crippen molar-refractivity contribution in [3.8, 4) is 0 Å². The number of aryl methyl sites for hydroxylation is 1. The fraction of sp³-hybridized carbons (Fsp3) is 0.0909. The summed E-state index contributed by atoms with van der Waals surface area (Å²) >= 11 is 6.62. The normalized spacial score (nSPS) is 12.3. The Morgan fingerprint density at radius 1 is 1.14 bits per heavy atom. The number of anilines is 1. The molecule has 0 aliphatic rings. The molecule has 0 aliphatic carbocycles. The molecular weight excluding hydrogens is 356 g/mol. The molecule has 0 atom stereocenters. The zero-order chi connectivity index (χ0) is 15.8. The molecule has 0 saturated carbocycles. The lowest BCUT2D eigenvalue weighted by Gasteiger charge is -2.10. The number of primary sulfonamides is 1. The summed E-state index contributed by atoms with van der Waals surface area (Å²) in [6.45, 7) is 1.65. The number of hydrogen-bond acceptors (Lipinski definition) is 5. The molecule has 1 heterocycles. The molecule has 0 amide bonds. The number of benzene rings is 1. The van der Waals surface area contributed by atoms with E-state index in [-0.39, 0.29) is 14.8 Å². The Bertz CT molecular complexity index is 888. The first kappa shape index (κ1) is 16.2. The average molecular weight is 367 g/mol. The van der Waals surface area contributed by atoms with Crippen molar-refractivity contribution in [1.82, 2.24) is 0 Å². The largest absolute Gasteiger partial charge is 0.279 e. The number of sulfonamides is 2. The van der Waals surface area contributed by atoms with Crippen LogP contribution in [0.5, 0.6) is 0 Å². The maximum absolute atomic E-state index is 12.2. The minimum absolute atomic E-state index is 0.0351. The number of hydrogen-bond donors (Lipinski definition) is 2. The van der Waals surface area contributed by atoms with E-state index < -0.39 is 20.0 Å². The van der Waals surface area contributed by atoms with Crippen LogP contribution in [0, 0.1) is 6.92 Å². The first-order valence-corrected chi connectivity index (χ1v) is 9.73. The van der Waals surface area contributed by atoms with Crippen molar-refractivity contribution >= 4 is 48.7 Å². The zero-order valence-electron chi connectivity index (χ0n) is 10.7. The number of nitrogens with one attached hydrogen (secondary N) is 1. The Hall–Kier alpha value is -1.13. The summed E-state index contributed by atoms with van der Waals surface area (Å²) < 4.78 is 49.7. The molecular formula is C11H11ClN2O4S3. The van der Waals surface area contributed by atoms with Gasteiger partial charge in [-0.15, -0.1) is 11.3 Å². The van der Waals surface area contributed by atoms with Crippen LogP contribution in [0.3, 0.4) is 0 Å². The molecule has 114 valence electrons. The van der Waals surface area contributed by atoms with Crippen molar-refractivity contribution in [3.63, 3.8) is 0 Å². The van der Waals surface area contributed by atoms with E-state index in [9.17, 15) is 16.8 Å². The Balaban J connectivity index is 2.44. The van der Waals surface area contributed by atoms with Gasteiger partial charge < -0.3 is 0 Å². The minimum Gasteiger partial charge on any atom is -0.279 e. The first-order chi connectivity index (χ1) is 9.59. The van der Waals surface area contributed by atoms with Crippen LogP contribution in [0.25, 0.3) is 0 Å². The summed E-state index contributed by atoms with van der Waals surface area (Å²) in [7, 11) is -7.74. The summed E-state index contributed by atoms with van der Waals surface area (Å²) in [5, 5.41) is 5.03. The lowest BCUT2D eigenvalue weighted by Crippen LogP contribution is -2.15. The lowest BCUT2D eigenvalue weighted by atomic mass is 10.2. The van der Waals surface area contributed by atoms with Gasteiger partial charge in [0.15, 0.2) is 0 Å². The second-order valence-electron chi connectivity index (χ2n) is 4.19. The lowest BCUT2D eigenvalue weighted by molar-refractivity contribution is 0.596. The number of nitrogens with two attached hydrogens (primary N) is 1. The Kier molecular flexibility index (Phi) is 4.31. The molecule has 3 N–H and O–H groups in total. The summed E-state index contributed by atoms with van der Waals surface area (Å²) in [5.74, 6) is 0. The molecule has 0 unspecified atom stereocenters. The van der Waals surface area contributed by atoms with E-state index in [1.54, 1.807) is 6.92 Å². The van der Waals surface area contributed by atoms with Gasteiger partial charge in [0.2, 0.25) is 10.0 Å². The fourth-order valence-corrected chi connectivity index (χ4v) is 4.67. The third-order valence-electron chi connectivity index (χ3n) is 2.60.